The fourth-order valence-corrected chi connectivity index (χ4v) is 2.32. The maximum atomic E-state index is 10.4. The number of phenolic OH excluding ortho intramolecular Hbond substituents is 2. The Morgan fingerprint density at radius 1 is 0.895 bits per heavy atom. The lowest BCUT2D eigenvalue weighted by Gasteiger charge is -2.23. The van der Waals surface area contributed by atoms with E-state index >= 15 is 0 Å². The summed E-state index contributed by atoms with van der Waals surface area (Å²) in [6, 6.07) is 13.5. The van der Waals surface area contributed by atoms with Gasteiger partial charge in [0.25, 0.3) is 0 Å². The SMILES string of the molecule is CC(C)(C)c1c(O)ccc(Cc2ccccc2)c1O. The number of rotatable bonds is 2. The highest BCUT2D eigenvalue weighted by Gasteiger charge is 2.24. The number of aromatic hydroxyl groups is 2. The van der Waals surface area contributed by atoms with Gasteiger partial charge in [0.15, 0.2) is 0 Å². The molecule has 2 aromatic rings. The molecule has 2 rings (SSSR count). The Balaban J connectivity index is 2.44. The van der Waals surface area contributed by atoms with Crippen LogP contribution in [0.2, 0.25) is 0 Å². The van der Waals surface area contributed by atoms with Crippen molar-refractivity contribution in [2.24, 2.45) is 0 Å². The van der Waals surface area contributed by atoms with E-state index in [0.717, 1.165) is 11.1 Å². The van der Waals surface area contributed by atoms with Crippen molar-refractivity contribution >= 4 is 0 Å². The van der Waals surface area contributed by atoms with E-state index in [1.165, 1.54) is 0 Å². The molecule has 100 valence electrons. The molecule has 0 atom stereocenters. The van der Waals surface area contributed by atoms with Crippen LogP contribution in [0.1, 0.15) is 37.5 Å². The molecule has 0 radical (unpaired) electrons. The lowest BCUT2D eigenvalue weighted by Crippen LogP contribution is -2.12. The van der Waals surface area contributed by atoms with Crippen molar-refractivity contribution in [3.8, 4) is 11.5 Å². The minimum Gasteiger partial charge on any atom is -0.508 e. The first-order chi connectivity index (χ1) is 8.89. The normalized spacial score (nSPS) is 11.5. The second-order valence-corrected chi connectivity index (χ2v) is 5.88. The Morgan fingerprint density at radius 3 is 2.11 bits per heavy atom. The number of hydrogen-bond acceptors (Lipinski definition) is 2. The van der Waals surface area contributed by atoms with Crippen molar-refractivity contribution in [2.45, 2.75) is 32.6 Å². The van der Waals surface area contributed by atoms with Crippen LogP contribution in [0.25, 0.3) is 0 Å². The van der Waals surface area contributed by atoms with Gasteiger partial charge in [-0.05, 0) is 22.6 Å². The standard InChI is InChI=1S/C17H20O2/c1-17(2,3)15-14(18)10-9-13(16(15)19)11-12-7-5-4-6-8-12/h4-10,18-19H,11H2,1-3H3. The van der Waals surface area contributed by atoms with Gasteiger partial charge >= 0.3 is 0 Å². The topological polar surface area (TPSA) is 40.5 Å². The van der Waals surface area contributed by atoms with Crippen LogP contribution < -0.4 is 0 Å². The van der Waals surface area contributed by atoms with Crippen molar-refractivity contribution < 1.29 is 10.2 Å². The predicted octanol–water partition coefficient (Wildman–Crippen LogP) is 3.99. The Labute approximate surface area is 114 Å². The highest BCUT2D eigenvalue weighted by atomic mass is 16.3. The summed E-state index contributed by atoms with van der Waals surface area (Å²) in [5, 5.41) is 20.4. The van der Waals surface area contributed by atoms with E-state index in [4.69, 9.17) is 0 Å². The molecule has 2 N–H and O–H groups in total. The average Bonchev–Trinajstić information content (AvgIpc) is 2.32. The van der Waals surface area contributed by atoms with Crippen LogP contribution in [0.5, 0.6) is 11.5 Å². The van der Waals surface area contributed by atoms with E-state index < -0.39 is 0 Å². The zero-order chi connectivity index (χ0) is 14.0. The summed E-state index contributed by atoms with van der Waals surface area (Å²) in [6.07, 6.45) is 0.663. The summed E-state index contributed by atoms with van der Waals surface area (Å²) in [4.78, 5) is 0. The van der Waals surface area contributed by atoms with E-state index in [9.17, 15) is 10.2 Å². The number of hydrogen-bond donors (Lipinski definition) is 2. The summed E-state index contributed by atoms with van der Waals surface area (Å²) in [5.74, 6) is 0.359. The third-order valence-electron chi connectivity index (χ3n) is 3.23. The van der Waals surface area contributed by atoms with Gasteiger partial charge in [-0.2, -0.15) is 0 Å². The Morgan fingerprint density at radius 2 is 1.53 bits per heavy atom. The molecule has 0 aliphatic heterocycles. The molecule has 19 heavy (non-hydrogen) atoms. The van der Waals surface area contributed by atoms with Crippen molar-refractivity contribution in [2.75, 3.05) is 0 Å². The largest absolute Gasteiger partial charge is 0.508 e. The molecule has 0 bridgehead atoms. The third kappa shape index (κ3) is 2.90. The van der Waals surface area contributed by atoms with Gasteiger partial charge in [0.1, 0.15) is 11.5 Å². The first-order valence-corrected chi connectivity index (χ1v) is 6.48. The molecule has 0 fully saturated rings. The monoisotopic (exact) mass is 256 g/mol. The van der Waals surface area contributed by atoms with Crippen molar-refractivity contribution in [3.63, 3.8) is 0 Å². The highest BCUT2D eigenvalue weighted by molar-refractivity contribution is 5.53. The van der Waals surface area contributed by atoms with Crippen LogP contribution in [-0.4, -0.2) is 10.2 Å². The second-order valence-electron chi connectivity index (χ2n) is 5.88. The predicted molar refractivity (Wildman–Crippen MR) is 77.7 cm³/mol. The van der Waals surface area contributed by atoms with Gasteiger partial charge < -0.3 is 10.2 Å². The van der Waals surface area contributed by atoms with Gasteiger partial charge in [0.05, 0.1) is 0 Å². The first kappa shape index (κ1) is 13.5. The summed E-state index contributed by atoms with van der Waals surface area (Å²) >= 11 is 0. The number of benzene rings is 2. The molecular weight excluding hydrogens is 236 g/mol. The third-order valence-corrected chi connectivity index (χ3v) is 3.23. The molecule has 0 aliphatic rings. The van der Waals surface area contributed by atoms with Gasteiger partial charge in [-0.25, -0.2) is 0 Å². The smallest absolute Gasteiger partial charge is 0.126 e. The zero-order valence-corrected chi connectivity index (χ0v) is 11.6. The average molecular weight is 256 g/mol. The highest BCUT2D eigenvalue weighted by Crippen LogP contribution is 2.40. The quantitative estimate of drug-likeness (QED) is 0.853. The van der Waals surface area contributed by atoms with E-state index in [2.05, 4.69) is 0 Å². The molecule has 2 nitrogen and oxygen atoms in total. The number of phenols is 2. The van der Waals surface area contributed by atoms with Crippen LogP contribution >= 0.6 is 0 Å². The molecule has 2 heteroatoms. The van der Waals surface area contributed by atoms with Gasteiger partial charge in [0, 0.05) is 12.0 Å². The molecule has 0 aliphatic carbocycles. The van der Waals surface area contributed by atoms with Gasteiger partial charge in [-0.15, -0.1) is 0 Å². The van der Waals surface area contributed by atoms with Gasteiger partial charge in [0.2, 0.25) is 0 Å². The summed E-state index contributed by atoms with van der Waals surface area (Å²) in [5.41, 5.74) is 2.30. The lowest BCUT2D eigenvalue weighted by molar-refractivity contribution is 0.407. The van der Waals surface area contributed by atoms with E-state index in [0.29, 0.717) is 12.0 Å². The lowest BCUT2D eigenvalue weighted by atomic mass is 9.83. The molecule has 0 amide bonds. The Kier molecular flexibility index (Phi) is 3.52. The maximum absolute atomic E-state index is 10.4. The van der Waals surface area contributed by atoms with Crippen LogP contribution in [0.3, 0.4) is 0 Å². The summed E-state index contributed by atoms with van der Waals surface area (Å²) in [7, 11) is 0. The van der Waals surface area contributed by atoms with E-state index in [-0.39, 0.29) is 16.9 Å². The molecule has 0 spiro atoms. The molecule has 0 heterocycles. The molecule has 0 unspecified atom stereocenters. The van der Waals surface area contributed by atoms with E-state index in [1.807, 2.05) is 51.1 Å². The fourth-order valence-electron chi connectivity index (χ4n) is 2.32. The van der Waals surface area contributed by atoms with Crippen molar-refractivity contribution in [1.82, 2.24) is 0 Å². The van der Waals surface area contributed by atoms with E-state index in [1.54, 1.807) is 12.1 Å². The minimum atomic E-state index is -0.291. The van der Waals surface area contributed by atoms with Gasteiger partial charge in [-0.3, -0.25) is 0 Å². The molecular formula is C17H20O2. The Hall–Kier alpha value is -1.96. The summed E-state index contributed by atoms with van der Waals surface area (Å²) < 4.78 is 0. The minimum absolute atomic E-state index is 0.154. The summed E-state index contributed by atoms with van der Waals surface area (Å²) in [6.45, 7) is 5.94. The first-order valence-electron chi connectivity index (χ1n) is 6.48. The van der Waals surface area contributed by atoms with Crippen LogP contribution in [-0.2, 0) is 11.8 Å². The van der Waals surface area contributed by atoms with Gasteiger partial charge in [-0.1, -0.05) is 57.2 Å². The van der Waals surface area contributed by atoms with Crippen molar-refractivity contribution in [3.05, 3.63) is 59.2 Å². The van der Waals surface area contributed by atoms with Crippen molar-refractivity contribution in [1.29, 1.82) is 0 Å². The molecule has 0 aromatic heterocycles. The van der Waals surface area contributed by atoms with Crippen LogP contribution in [0, 0.1) is 0 Å². The maximum Gasteiger partial charge on any atom is 0.126 e. The molecule has 0 saturated heterocycles. The van der Waals surface area contributed by atoms with Crippen LogP contribution in [0.15, 0.2) is 42.5 Å². The van der Waals surface area contributed by atoms with Crippen LogP contribution in [0.4, 0.5) is 0 Å². The molecule has 2 aromatic carbocycles. The second kappa shape index (κ2) is 4.96. The fraction of sp³-hybridized carbons (Fsp3) is 0.294. The Bertz CT molecular complexity index is 566. The molecule has 0 saturated carbocycles. The zero-order valence-electron chi connectivity index (χ0n) is 11.6.